The van der Waals surface area contributed by atoms with E-state index < -0.39 is 5.97 Å². The zero-order valence-corrected chi connectivity index (χ0v) is 12.7. The number of rotatable bonds is 4. The second kappa shape index (κ2) is 5.17. The van der Waals surface area contributed by atoms with Crippen molar-refractivity contribution in [3.05, 3.63) is 34.9 Å². The minimum absolute atomic E-state index is 0.0132. The Morgan fingerprint density at radius 1 is 1.26 bits per heavy atom. The number of thiazole rings is 1. The Hall–Kier alpha value is -2.74. The summed E-state index contributed by atoms with van der Waals surface area (Å²) in [5.74, 6) is -0.377. The van der Waals surface area contributed by atoms with Crippen LogP contribution in [-0.4, -0.2) is 31.4 Å². The van der Waals surface area contributed by atoms with Crippen LogP contribution in [0.25, 0.3) is 16.9 Å². The summed E-state index contributed by atoms with van der Waals surface area (Å²) in [6.07, 6.45) is 5.44. The van der Waals surface area contributed by atoms with Crippen molar-refractivity contribution in [1.82, 2.24) is 14.4 Å². The van der Waals surface area contributed by atoms with Crippen LogP contribution in [0.15, 0.2) is 29.9 Å². The average Bonchev–Trinajstić information content (AvgIpc) is 3.11. The third-order valence-electron chi connectivity index (χ3n) is 3.63. The summed E-state index contributed by atoms with van der Waals surface area (Å²) in [5.41, 5.74) is 2.10. The molecule has 1 aliphatic carbocycles. The minimum atomic E-state index is -1.03. The number of nitrogens with zero attached hydrogens (tertiary/aromatic N) is 3. The van der Waals surface area contributed by atoms with Crippen LogP contribution in [0.4, 0.5) is 5.82 Å². The van der Waals surface area contributed by atoms with Gasteiger partial charge in [0.1, 0.15) is 5.65 Å². The van der Waals surface area contributed by atoms with Gasteiger partial charge in [-0.25, -0.2) is 14.8 Å². The lowest BCUT2D eigenvalue weighted by atomic mass is 10.2. The highest BCUT2D eigenvalue weighted by atomic mass is 32.1. The van der Waals surface area contributed by atoms with Gasteiger partial charge in [0, 0.05) is 23.1 Å². The smallest absolute Gasteiger partial charge is 0.365 e. The molecule has 7 nitrogen and oxygen atoms in total. The minimum Gasteiger partial charge on any atom is -0.476 e. The highest BCUT2D eigenvalue weighted by Crippen LogP contribution is 2.30. The van der Waals surface area contributed by atoms with Gasteiger partial charge in [-0.3, -0.25) is 4.79 Å². The zero-order valence-electron chi connectivity index (χ0n) is 11.9. The first-order valence-corrected chi connectivity index (χ1v) is 7.97. The quantitative estimate of drug-likeness (QED) is 0.767. The number of imidazole rings is 1. The summed E-state index contributed by atoms with van der Waals surface area (Å²) in [6, 6.07) is 3.64. The molecule has 1 amide bonds. The number of anilines is 1. The molecule has 2 N–H and O–H groups in total. The standard InChI is InChI=1S/C15H12N4O3S/c20-13(8-1-2-8)18-11-6-19-5-9(3-4-12(19)17-11)10-7-23-14(16-10)15(21)22/h3-8H,1-2H2,(H,18,20)(H,21,22). The molecule has 23 heavy (non-hydrogen) atoms. The molecule has 8 heteroatoms. The molecule has 4 rings (SSSR count). The monoisotopic (exact) mass is 328 g/mol. The Balaban J connectivity index is 1.64. The number of aromatic nitrogens is 3. The molecule has 1 fully saturated rings. The van der Waals surface area contributed by atoms with Crippen molar-refractivity contribution in [2.45, 2.75) is 12.8 Å². The SMILES string of the molecule is O=C(O)c1nc(-c2ccc3nc(NC(=O)C4CC4)cn3c2)cs1. The average molecular weight is 328 g/mol. The molecule has 1 aliphatic rings. The summed E-state index contributed by atoms with van der Waals surface area (Å²) in [6.45, 7) is 0. The Labute approximate surface area is 134 Å². The molecule has 0 unspecified atom stereocenters. The first-order valence-electron chi connectivity index (χ1n) is 7.09. The fraction of sp³-hybridized carbons (Fsp3) is 0.200. The van der Waals surface area contributed by atoms with Crippen LogP contribution in [0.1, 0.15) is 22.6 Å². The lowest BCUT2D eigenvalue weighted by molar-refractivity contribution is -0.117. The number of carbonyl (C=O) groups is 2. The number of hydrogen-bond acceptors (Lipinski definition) is 5. The van der Waals surface area contributed by atoms with Crippen LogP contribution in [0, 0.1) is 5.92 Å². The molecule has 0 saturated heterocycles. The highest BCUT2D eigenvalue weighted by Gasteiger charge is 2.30. The number of nitrogens with one attached hydrogen (secondary N) is 1. The van der Waals surface area contributed by atoms with Crippen LogP contribution in [0.2, 0.25) is 0 Å². The van der Waals surface area contributed by atoms with E-state index in [1.165, 1.54) is 0 Å². The van der Waals surface area contributed by atoms with Crippen molar-refractivity contribution in [3.63, 3.8) is 0 Å². The third kappa shape index (κ3) is 2.68. The summed E-state index contributed by atoms with van der Waals surface area (Å²) in [7, 11) is 0. The Morgan fingerprint density at radius 3 is 2.78 bits per heavy atom. The van der Waals surface area contributed by atoms with Gasteiger partial charge in [-0.1, -0.05) is 0 Å². The van der Waals surface area contributed by atoms with E-state index in [-0.39, 0.29) is 16.8 Å². The fourth-order valence-electron chi connectivity index (χ4n) is 2.28. The highest BCUT2D eigenvalue weighted by molar-refractivity contribution is 7.11. The number of carboxylic acid groups (broad SMARTS) is 1. The molecule has 0 bridgehead atoms. The van der Waals surface area contributed by atoms with Gasteiger partial charge in [0.05, 0.1) is 11.9 Å². The molecule has 3 heterocycles. The molecule has 0 spiro atoms. The van der Waals surface area contributed by atoms with Crippen molar-refractivity contribution in [3.8, 4) is 11.3 Å². The van der Waals surface area contributed by atoms with Crippen molar-refractivity contribution in [1.29, 1.82) is 0 Å². The van der Waals surface area contributed by atoms with Crippen molar-refractivity contribution < 1.29 is 14.7 Å². The molecule has 0 radical (unpaired) electrons. The van der Waals surface area contributed by atoms with Gasteiger partial charge in [0.15, 0.2) is 5.82 Å². The molecular weight excluding hydrogens is 316 g/mol. The number of amides is 1. The molecule has 3 aromatic heterocycles. The molecular formula is C15H12N4O3S. The number of carboxylic acids is 1. The summed E-state index contributed by atoms with van der Waals surface area (Å²) >= 11 is 1.09. The van der Waals surface area contributed by atoms with E-state index >= 15 is 0 Å². The molecule has 3 aromatic rings. The third-order valence-corrected chi connectivity index (χ3v) is 4.46. The summed E-state index contributed by atoms with van der Waals surface area (Å²) in [5, 5.41) is 13.5. The van der Waals surface area contributed by atoms with Crippen LogP contribution >= 0.6 is 11.3 Å². The topological polar surface area (TPSA) is 96.6 Å². The van der Waals surface area contributed by atoms with Crippen molar-refractivity contribution >= 4 is 34.7 Å². The fourth-order valence-corrected chi connectivity index (χ4v) is 2.95. The van der Waals surface area contributed by atoms with Gasteiger partial charge < -0.3 is 14.8 Å². The number of hydrogen-bond donors (Lipinski definition) is 2. The van der Waals surface area contributed by atoms with E-state index in [0.717, 1.165) is 29.7 Å². The Bertz CT molecular complexity index is 926. The van der Waals surface area contributed by atoms with E-state index in [1.54, 1.807) is 16.0 Å². The van der Waals surface area contributed by atoms with E-state index in [4.69, 9.17) is 5.11 Å². The van der Waals surface area contributed by atoms with E-state index in [9.17, 15) is 9.59 Å². The maximum absolute atomic E-state index is 11.8. The molecule has 0 atom stereocenters. The largest absolute Gasteiger partial charge is 0.476 e. The maximum Gasteiger partial charge on any atom is 0.365 e. The second-order valence-corrected chi connectivity index (χ2v) is 6.27. The van der Waals surface area contributed by atoms with Gasteiger partial charge in [-0.15, -0.1) is 11.3 Å². The zero-order chi connectivity index (χ0) is 16.0. The van der Waals surface area contributed by atoms with Crippen LogP contribution < -0.4 is 5.32 Å². The normalized spacial score (nSPS) is 14.1. The first kappa shape index (κ1) is 13.9. The van der Waals surface area contributed by atoms with Gasteiger partial charge in [-0.2, -0.15) is 0 Å². The molecule has 1 saturated carbocycles. The van der Waals surface area contributed by atoms with Crippen molar-refractivity contribution in [2.75, 3.05) is 5.32 Å². The van der Waals surface area contributed by atoms with Crippen LogP contribution in [0.5, 0.6) is 0 Å². The van der Waals surface area contributed by atoms with Crippen LogP contribution in [-0.2, 0) is 4.79 Å². The van der Waals surface area contributed by atoms with Gasteiger partial charge >= 0.3 is 5.97 Å². The summed E-state index contributed by atoms with van der Waals surface area (Å²) in [4.78, 5) is 31.1. The van der Waals surface area contributed by atoms with Crippen molar-refractivity contribution in [2.24, 2.45) is 5.92 Å². The predicted octanol–water partition coefficient (Wildman–Crippen LogP) is 2.50. The number of fused-ring (bicyclic) bond motifs is 1. The van der Waals surface area contributed by atoms with Gasteiger partial charge in [0.25, 0.3) is 0 Å². The lowest BCUT2D eigenvalue weighted by Crippen LogP contribution is -2.13. The Kier molecular flexibility index (Phi) is 3.12. The van der Waals surface area contributed by atoms with Gasteiger partial charge in [0.2, 0.25) is 10.9 Å². The van der Waals surface area contributed by atoms with E-state index in [0.29, 0.717) is 17.2 Å². The first-order chi connectivity index (χ1) is 11.1. The lowest BCUT2D eigenvalue weighted by Gasteiger charge is -1.98. The van der Waals surface area contributed by atoms with E-state index in [1.807, 2.05) is 18.3 Å². The molecule has 116 valence electrons. The molecule has 0 aliphatic heterocycles. The maximum atomic E-state index is 11.8. The van der Waals surface area contributed by atoms with Crippen LogP contribution in [0.3, 0.4) is 0 Å². The second-order valence-electron chi connectivity index (χ2n) is 5.42. The summed E-state index contributed by atoms with van der Waals surface area (Å²) < 4.78 is 1.79. The number of pyridine rings is 1. The Morgan fingerprint density at radius 2 is 2.09 bits per heavy atom. The number of carbonyl (C=O) groups excluding carboxylic acids is 1. The van der Waals surface area contributed by atoms with E-state index in [2.05, 4.69) is 15.3 Å². The van der Waals surface area contributed by atoms with Gasteiger partial charge in [-0.05, 0) is 25.0 Å². The number of aromatic carboxylic acids is 1. The predicted molar refractivity (Wildman–Crippen MR) is 84.6 cm³/mol. The molecule has 0 aromatic carbocycles.